The van der Waals surface area contributed by atoms with Gasteiger partial charge in [0.15, 0.2) is 5.78 Å². The largest absolute Gasteiger partial charge is 0.465 e. The van der Waals surface area contributed by atoms with Crippen molar-refractivity contribution in [1.29, 1.82) is 5.26 Å². The van der Waals surface area contributed by atoms with Crippen molar-refractivity contribution in [2.45, 2.75) is 19.3 Å². The van der Waals surface area contributed by atoms with Crippen molar-refractivity contribution in [3.8, 4) is 6.07 Å². The normalized spacial score (nSPS) is 12.9. The van der Waals surface area contributed by atoms with Gasteiger partial charge >= 0.3 is 6.09 Å². The van der Waals surface area contributed by atoms with Gasteiger partial charge in [0.1, 0.15) is 17.6 Å². The molecule has 1 aromatic carbocycles. The van der Waals surface area contributed by atoms with E-state index in [0.717, 1.165) is 18.9 Å². The maximum absolute atomic E-state index is 14.6. The number of anilines is 3. The number of hydrogen-bond donors (Lipinski definition) is 3. The molecule has 0 aliphatic carbocycles. The molecule has 1 fully saturated rings. The number of halogens is 1. The van der Waals surface area contributed by atoms with Crippen LogP contribution in [-0.4, -0.2) is 41.0 Å². The number of pyridine rings is 1. The van der Waals surface area contributed by atoms with E-state index in [2.05, 4.69) is 15.6 Å². The lowest BCUT2D eigenvalue weighted by Crippen LogP contribution is -2.22. The van der Waals surface area contributed by atoms with Crippen LogP contribution in [0.15, 0.2) is 30.5 Å². The van der Waals surface area contributed by atoms with Crippen LogP contribution in [0.1, 0.15) is 35.3 Å². The maximum atomic E-state index is 14.6. The zero-order valence-corrected chi connectivity index (χ0v) is 15.8. The molecule has 0 saturated carbocycles. The number of nitrogens with zero attached hydrogens (tertiary/aromatic N) is 3. The van der Waals surface area contributed by atoms with E-state index in [1.54, 1.807) is 11.0 Å². The molecule has 9 nitrogen and oxygen atoms in total. The van der Waals surface area contributed by atoms with Gasteiger partial charge in [-0.1, -0.05) is 0 Å². The fourth-order valence-electron chi connectivity index (χ4n) is 3.19. The molecule has 2 aromatic rings. The fraction of sp³-hybridized carbons (Fsp3) is 0.250. The highest BCUT2D eigenvalue weighted by atomic mass is 19.1. The minimum Gasteiger partial charge on any atom is -0.465 e. The number of ketones is 1. The van der Waals surface area contributed by atoms with Gasteiger partial charge in [0, 0.05) is 30.9 Å². The van der Waals surface area contributed by atoms with Crippen LogP contribution in [0, 0.1) is 17.1 Å². The average molecular weight is 411 g/mol. The third-order valence-corrected chi connectivity index (χ3v) is 4.57. The molecule has 10 heteroatoms. The van der Waals surface area contributed by atoms with Gasteiger partial charge in [-0.25, -0.2) is 14.2 Å². The molecular weight excluding hydrogens is 393 g/mol. The van der Waals surface area contributed by atoms with Crippen LogP contribution in [0.5, 0.6) is 0 Å². The summed E-state index contributed by atoms with van der Waals surface area (Å²) in [6.07, 6.45) is 1.15. The number of carbonyl (C=O) groups excluding carboxylic acids is 2. The van der Waals surface area contributed by atoms with Crippen LogP contribution in [0.25, 0.3) is 0 Å². The SMILES string of the molecule is N#Cc1cc(C(=O)CC(=O)Nc2cc(F)c(N3CCCC3)cc2NC(=O)O)ccn1. The zero-order chi connectivity index (χ0) is 21.7. The van der Waals surface area contributed by atoms with Crippen molar-refractivity contribution in [3.63, 3.8) is 0 Å². The maximum Gasteiger partial charge on any atom is 0.409 e. The van der Waals surface area contributed by atoms with Crippen molar-refractivity contribution in [2.24, 2.45) is 0 Å². The molecule has 2 amide bonds. The standard InChI is InChI=1S/C20H18FN5O4/c21-14-8-15(16(25-20(29)30)9-17(14)26-5-1-2-6-26)24-19(28)10-18(27)12-3-4-23-13(7-12)11-22/h3-4,7-9,25H,1-2,5-6,10H2,(H,24,28)(H,29,30). The summed E-state index contributed by atoms with van der Waals surface area (Å²) in [6, 6.07) is 6.79. The number of carboxylic acid groups (broad SMARTS) is 1. The van der Waals surface area contributed by atoms with Gasteiger partial charge in [-0.3, -0.25) is 14.9 Å². The van der Waals surface area contributed by atoms with E-state index in [9.17, 15) is 18.8 Å². The molecule has 1 aromatic heterocycles. The minimum atomic E-state index is -1.37. The summed E-state index contributed by atoms with van der Waals surface area (Å²) in [7, 11) is 0. The summed E-state index contributed by atoms with van der Waals surface area (Å²) < 4.78 is 14.6. The van der Waals surface area contributed by atoms with Crippen LogP contribution < -0.4 is 15.5 Å². The lowest BCUT2D eigenvalue weighted by atomic mass is 10.1. The fourth-order valence-corrected chi connectivity index (χ4v) is 3.19. The van der Waals surface area contributed by atoms with Crippen molar-refractivity contribution >= 4 is 34.8 Å². The number of Topliss-reactive ketones (excluding diaryl/α,β-unsaturated/α-hetero) is 1. The Kier molecular flexibility index (Phi) is 6.22. The molecule has 3 N–H and O–H groups in total. The van der Waals surface area contributed by atoms with Gasteiger partial charge in [0.25, 0.3) is 0 Å². The summed E-state index contributed by atoms with van der Waals surface area (Å²) in [6.45, 7) is 1.31. The molecule has 0 bridgehead atoms. The van der Waals surface area contributed by atoms with E-state index in [1.807, 2.05) is 0 Å². The number of hydrogen-bond acceptors (Lipinski definition) is 6. The quantitative estimate of drug-likeness (QED) is 0.491. The molecule has 0 spiro atoms. The van der Waals surface area contributed by atoms with Crippen LogP contribution >= 0.6 is 0 Å². The van der Waals surface area contributed by atoms with Gasteiger partial charge < -0.3 is 15.3 Å². The second-order valence-electron chi connectivity index (χ2n) is 6.66. The molecule has 1 aliphatic rings. The molecular formula is C20H18FN5O4. The Morgan fingerprint density at radius 1 is 1.17 bits per heavy atom. The third-order valence-electron chi connectivity index (χ3n) is 4.57. The smallest absolute Gasteiger partial charge is 0.409 e. The first-order valence-corrected chi connectivity index (χ1v) is 9.15. The van der Waals surface area contributed by atoms with E-state index in [-0.39, 0.29) is 28.3 Å². The monoisotopic (exact) mass is 411 g/mol. The third kappa shape index (κ3) is 4.88. The number of benzene rings is 1. The number of nitriles is 1. The van der Waals surface area contributed by atoms with E-state index in [4.69, 9.17) is 10.4 Å². The molecule has 0 radical (unpaired) electrons. The van der Waals surface area contributed by atoms with E-state index in [0.29, 0.717) is 13.1 Å². The molecule has 0 atom stereocenters. The molecule has 154 valence electrons. The van der Waals surface area contributed by atoms with Gasteiger partial charge in [-0.05, 0) is 31.0 Å². The summed E-state index contributed by atoms with van der Waals surface area (Å²) >= 11 is 0. The first-order valence-electron chi connectivity index (χ1n) is 9.15. The van der Waals surface area contributed by atoms with Gasteiger partial charge in [-0.2, -0.15) is 5.26 Å². The molecule has 0 unspecified atom stereocenters. The topological polar surface area (TPSA) is 135 Å². The second-order valence-corrected chi connectivity index (χ2v) is 6.66. The van der Waals surface area contributed by atoms with Crippen molar-refractivity contribution in [2.75, 3.05) is 28.6 Å². The van der Waals surface area contributed by atoms with E-state index < -0.39 is 30.0 Å². The molecule has 2 heterocycles. The lowest BCUT2D eigenvalue weighted by molar-refractivity contribution is -0.115. The number of aromatic nitrogens is 1. The van der Waals surface area contributed by atoms with E-state index in [1.165, 1.54) is 24.4 Å². The molecule has 3 rings (SSSR count). The van der Waals surface area contributed by atoms with Crippen LogP contribution in [0.3, 0.4) is 0 Å². The number of nitrogens with one attached hydrogen (secondary N) is 2. The van der Waals surface area contributed by atoms with Crippen LogP contribution in [-0.2, 0) is 4.79 Å². The van der Waals surface area contributed by atoms with Gasteiger partial charge in [-0.15, -0.1) is 0 Å². The highest BCUT2D eigenvalue weighted by molar-refractivity contribution is 6.12. The number of amides is 2. The summed E-state index contributed by atoms with van der Waals surface area (Å²) in [5.41, 5.74) is 0.321. The summed E-state index contributed by atoms with van der Waals surface area (Å²) in [5.74, 6) is -1.92. The van der Waals surface area contributed by atoms with Crippen LogP contribution in [0.2, 0.25) is 0 Å². The Labute approximate surface area is 171 Å². The number of rotatable bonds is 6. The van der Waals surface area contributed by atoms with Crippen molar-refractivity contribution in [1.82, 2.24) is 4.98 Å². The highest BCUT2D eigenvalue weighted by Crippen LogP contribution is 2.33. The predicted molar refractivity (Wildman–Crippen MR) is 106 cm³/mol. The van der Waals surface area contributed by atoms with Crippen molar-refractivity contribution < 1.29 is 23.9 Å². The first kappa shape index (κ1) is 20.7. The molecule has 1 aliphatic heterocycles. The van der Waals surface area contributed by atoms with Gasteiger partial charge in [0.05, 0.1) is 23.5 Å². The Hall–Kier alpha value is -4.00. The van der Waals surface area contributed by atoms with Crippen molar-refractivity contribution in [3.05, 3.63) is 47.5 Å². The number of carbonyl (C=O) groups is 3. The Bertz CT molecular complexity index is 1040. The summed E-state index contributed by atoms with van der Waals surface area (Å²) in [5, 5.41) is 22.5. The predicted octanol–water partition coefficient (Wildman–Crippen LogP) is 2.99. The second kappa shape index (κ2) is 9.00. The summed E-state index contributed by atoms with van der Waals surface area (Å²) in [4.78, 5) is 41.3. The van der Waals surface area contributed by atoms with Gasteiger partial charge in [0.2, 0.25) is 5.91 Å². The Morgan fingerprint density at radius 2 is 1.87 bits per heavy atom. The Morgan fingerprint density at radius 3 is 2.53 bits per heavy atom. The average Bonchev–Trinajstić information content (AvgIpc) is 3.24. The minimum absolute atomic E-state index is 0.00211. The molecule has 1 saturated heterocycles. The zero-order valence-electron chi connectivity index (χ0n) is 15.8. The van der Waals surface area contributed by atoms with E-state index >= 15 is 0 Å². The molecule has 30 heavy (non-hydrogen) atoms. The lowest BCUT2D eigenvalue weighted by Gasteiger charge is -2.21. The first-order chi connectivity index (χ1) is 14.4. The Balaban J connectivity index is 1.79. The highest BCUT2D eigenvalue weighted by Gasteiger charge is 2.21. The van der Waals surface area contributed by atoms with Crippen LogP contribution in [0.4, 0.5) is 26.2 Å².